The van der Waals surface area contributed by atoms with E-state index in [1.807, 2.05) is 6.07 Å². The van der Waals surface area contributed by atoms with Crippen molar-refractivity contribution in [3.63, 3.8) is 0 Å². The fourth-order valence-corrected chi connectivity index (χ4v) is 4.65. The Bertz CT molecular complexity index is 903. The molecule has 2 aromatic rings. The number of hydrogen-bond donors (Lipinski definition) is 2. The lowest BCUT2D eigenvalue weighted by Crippen LogP contribution is -2.57. The summed E-state index contributed by atoms with van der Waals surface area (Å²) in [4.78, 5) is 12.6. The standard InChI is InChI=1S/C18H23FN4O3S/c1-27(25,26)18(8-11-20-12-9-18)17(24)21-10-6-15-7-13-23(22-15)16-4-2-14(19)3-5-16/h2-5,7,13,20H,6,8-12H2,1H3,(H,21,24). The van der Waals surface area contributed by atoms with E-state index < -0.39 is 20.5 Å². The molecule has 27 heavy (non-hydrogen) atoms. The second-order valence-corrected chi connectivity index (χ2v) is 9.08. The Morgan fingerprint density at radius 1 is 1.26 bits per heavy atom. The number of amides is 1. The molecule has 0 spiro atoms. The number of benzene rings is 1. The Hall–Kier alpha value is -2.26. The predicted molar refractivity (Wildman–Crippen MR) is 99.9 cm³/mol. The molecule has 2 heterocycles. The van der Waals surface area contributed by atoms with Gasteiger partial charge in [-0.05, 0) is 56.3 Å². The summed E-state index contributed by atoms with van der Waals surface area (Å²) in [6.45, 7) is 1.30. The van der Waals surface area contributed by atoms with Gasteiger partial charge in [-0.3, -0.25) is 4.79 Å². The summed E-state index contributed by atoms with van der Waals surface area (Å²) in [6.07, 6.45) is 3.91. The second kappa shape index (κ2) is 7.77. The smallest absolute Gasteiger partial charge is 0.241 e. The lowest BCUT2D eigenvalue weighted by molar-refractivity contribution is -0.124. The number of nitrogens with zero attached hydrogens (tertiary/aromatic N) is 2. The summed E-state index contributed by atoms with van der Waals surface area (Å²) in [6, 6.07) is 7.79. The third-order valence-corrected chi connectivity index (χ3v) is 6.95. The van der Waals surface area contributed by atoms with Crippen LogP contribution in [0.1, 0.15) is 18.5 Å². The lowest BCUT2D eigenvalue weighted by atomic mass is 9.96. The molecular weight excluding hydrogens is 371 g/mol. The van der Waals surface area contributed by atoms with Crippen molar-refractivity contribution in [3.05, 3.63) is 48.0 Å². The van der Waals surface area contributed by atoms with Crippen molar-refractivity contribution in [2.75, 3.05) is 25.9 Å². The fourth-order valence-electron chi connectivity index (χ4n) is 3.29. The van der Waals surface area contributed by atoms with E-state index in [-0.39, 0.29) is 18.7 Å². The van der Waals surface area contributed by atoms with Crippen LogP contribution in [-0.4, -0.2) is 54.7 Å². The number of carbonyl (C=O) groups excluding carboxylic acids is 1. The van der Waals surface area contributed by atoms with Crippen LogP contribution in [0.15, 0.2) is 36.5 Å². The van der Waals surface area contributed by atoms with Crippen molar-refractivity contribution < 1.29 is 17.6 Å². The van der Waals surface area contributed by atoms with Crippen molar-refractivity contribution in [1.82, 2.24) is 20.4 Å². The molecule has 0 unspecified atom stereocenters. The van der Waals surface area contributed by atoms with Gasteiger partial charge in [-0.15, -0.1) is 0 Å². The average Bonchev–Trinajstić information content (AvgIpc) is 3.11. The molecule has 0 bridgehead atoms. The number of hydrogen-bond acceptors (Lipinski definition) is 5. The number of piperidine rings is 1. The SMILES string of the molecule is CS(=O)(=O)C1(C(=O)NCCc2ccn(-c3ccc(F)cc3)n2)CCNCC1. The molecule has 9 heteroatoms. The topological polar surface area (TPSA) is 93.1 Å². The third-order valence-electron chi connectivity index (χ3n) is 4.94. The van der Waals surface area contributed by atoms with Crippen LogP contribution in [0.4, 0.5) is 4.39 Å². The first kappa shape index (κ1) is 19.5. The minimum absolute atomic E-state index is 0.275. The molecule has 0 atom stereocenters. The Balaban J connectivity index is 1.61. The summed E-state index contributed by atoms with van der Waals surface area (Å²) in [7, 11) is -3.52. The molecule has 1 fully saturated rings. The summed E-state index contributed by atoms with van der Waals surface area (Å²) >= 11 is 0. The molecule has 7 nitrogen and oxygen atoms in total. The van der Waals surface area contributed by atoms with E-state index in [0.717, 1.165) is 17.6 Å². The number of nitrogens with one attached hydrogen (secondary N) is 2. The van der Waals surface area contributed by atoms with E-state index in [4.69, 9.17) is 0 Å². The molecule has 2 N–H and O–H groups in total. The highest BCUT2D eigenvalue weighted by Crippen LogP contribution is 2.27. The van der Waals surface area contributed by atoms with Gasteiger partial charge >= 0.3 is 0 Å². The Labute approximate surface area is 157 Å². The van der Waals surface area contributed by atoms with Gasteiger partial charge < -0.3 is 10.6 Å². The van der Waals surface area contributed by atoms with Gasteiger partial charge in [-0.1, -0.05) is 0 Å². The number of rotatable bonds is 6. The van der Waals surface area contributed by atoms with Gasteiger partial charge in [0.1, 0.15) is 5.82 Å². The normalized spacial score (nSPS) is 16.8. The highest BCUT2D eigenvalue weighted by atomic mass is 32.2. The first-order chi connectivity index (χ1) is 12.8. The van der Waals surface area contributed by atoms with Gasteiger partial charge in [0.2, 0.25) is 5.91 Å². The molecule has 1 aliphatic rings. The van der Waals surface area contributed by atoms with Crippen LogP contribution in [0.5, 0.6) is 0 Å². The molecule has 146 valence electrons. The Morgan fingerprint density at radius 2 is 1.93 bits per heavy atom. The van der Waals surface area contributed by atoms with E-state index in [0.29, 0.717) is 26.1 Å². The summed E-state index contributed by atoms with van der Waals surface area (Å²) in [5, 5.41) is 10.2. The zero-order chi connectivity index (χ0) is 19.5. The number of carbonyl (C=O) groups is 1. The molecule has 0 saturated carbocycles. The predicted octanol–water partition coefficient (Wildman–Crippen LogP) is 0.837. The lowest BCUT2D eigenvalue weighted by Gasteiger charge is -2.34. The minimum Gasteiger partial charge on any atom is -0.354 e. The van der Waals surface area contributed by atoms with Gasteiger partial charge in [0.05, 0.1) is 11.4 Å². The average molecular weight is 394 g/mol. The maximum Gasteiger partial charge on any atom is 0.241 e. The van der Waals surface area contributed by atoms with Crippen molar-refractivity contribution >= 4 is 15.7 Å². The summed E-state index contributed by atoms with van der Waals surface area (Å²) < 4.78 is 37.7. The second-order valence-electron chi connectivity index (χ2n) is 6.75. The van der Waals surface area contributed by atoms with Crippen LogP contribution < -0.4 is 10.6 Å². The van der Waals surface area contributed by atoms with Crippen molar-refractivity contribution in [2.45, 2.75) is 24.0 Å². The highest BCUT2D eigenvalue weighted by Gasteiger charge is 2.48. The molecule has 1 aliphatic heterocycles. The number of sulfone groups is 1. The molecule has 1 saturated heterocycles. The van der Waals surface area contributed by atoms with E-state index in [1.165, 1.54) is 12.1 Å². The van der Waals surface area contributed by atoms with Gasteiger partial charge in [0.15, 0.2) is 14.6 Å². The van der Waals surface area contributed by atoms with Crippen LogP contribution in [0.25, 0.3) is 5.69 Å². The van der Waals surface area contributed by atoms with Gasteiger partial charge in [-0.2, -0.15) is 5.10 Å². The van der Waals surface area contributed by atoms with Gasteiger partial charge in [-0.25, -0.2) is 17.5 Å². The van der Waals surface area contributed by atoms with Crippen LogP contribution in [-0.2, 0) is 21.1 Å². The summed E-state index contributed by atoms with van der Waals surface area (Å²) in [5.41, 5.74) is 1.48. The van der Waals surface area contributed by atoms with Gasteiger partial charge in [0.25, 0.3) is 0 Å². The third kappa shape index (κ3) is 4.19. The molecule has 0 aliphatic carbocycles. The highest BCUT2D eigenvalue weighted by molar-refractivity contribution is 7.92. The van der Waals surface area contributed by atoms with E-state index in [2.05, 4.69) is 15.7 Å². The van der Waals surface area contributed by atoms with Crippen molar-refractivity contribution in [3.8, 4) is 5.69 Å². The zero-order valence-corrected chi connectivity index (χ0v) is 15.9. The van der Waals surface area contributed by atoms with Crippen LogP contribution in [0, 0.1) is 5.82 Å². The zero-order valence-electron chi connectivity index (χ0n) is 15.1. The van der Waals surface area contributed by atoms with Crippen LogP contribution >= 0.6 is 0 Å². The summed E-state index contributed by atoms with van der Waals surface area (Å²) in [5.74, 6) is -0.754. The number of halogens is 1. The fraction of sp³-hybridized carbons (Fsp3) is 0.444. The first-order valence-corrected chi connectivity index (χ1v) is 10.7. The maximum absolute atomic E-state index is 13.0. The van der Waals surface area contributed by atoms with Crippen molar-refractivity contribution in [1.29, 1.82) is 0 Å². The van der Waals surface area contributed by atoms with Crippen LogP contribution in [0.2, 0.25) is 0 Å². The van der Waals surface area contributed by atoms with E-state index in [1.54, 1.807) is 23.0 Å². The largest absolute Gasteiger partial charge is 0.354 e. The number of aromatic nitrogens is 2. The Morgan fingerprint density at radius 3 is 2.56 bits per heavy atom. The molecule has 0 radical (unpaired) electrons. The van der Waals surface area contributed by atoms with E-state index >= 15 is 0 Å². The first-order valence-electron chi connectivity index (χ1n) is 8.81. The molecule has 1 aromatic carbocycles. The van der Waals surface area contributed by atoms with Gasteiger partial charge in [0, 0.05) is 25.4 Å². The molecule has 1 aromatic heterocycles. The quantitative estimate of drug-likeness (QED) is 0.757. The van der Waals surface area contributed by atoms with Crippen molar-refractivity contribution in [2.24, 2.45) is 0 Å². The molecular formula is C18H23FN4O3S. The monoisotopic (exact) mass is 394 g/mol. The molecule has 1 amide bonds. The molecule has 3 rings (SSSR count). The van der Waals surface area contributed by atoms with E-state index in [9.17, 15) is 17.6 Å². The Kier molecular flexibility index (Phi) is 5.61. The maximum atomic E-state index is 13.0. The van der Waals surface area contributed by atoms with Crippen LogP contribution in [0.3, 0.4) is 0 Å². The minimum atomic E-state index is -3.52.